The molecule has 0 aliphatic heterocycles. The molecule has 0 aliphatic rings. The summed E-state index contributed by atoms with van der Waals surface area (Å²) in [6.45, 7) is 0. The number of pyridine rings is 1. The summed E-state index contributed by atoms with van der Waals surface area (Å²) < 4.78 is 33.5. The van der Waals surface area contributed by atoms with Crippen LogP contribution in [0.5, 0.6) is 0 Å². The van der Waals surface area contributed by atoms with Gasteiger partial charge in [-0.1, -0.05) is 3.89 Å². The summed E-state index contributed by atoms with van der Waals surface area (Å²) in [6.07, 6.45) is 0.958. The van der Waals surface area contributed by atoms with Gasteiger partial charge in [0.1, 0.15) is 0 Å². The lowest BCUT2D eigenvalue weighted by Crippen LogP contribution is -2.02. The lowest BCUT2D eigenvalue weighted by atomic mass is 10.4. The summed E-state index contributed by atoms with van der Waals surface area (Å²) in [5, 5.41) is 9.15. The van der Waals surface area contributed by atoms with Crippen LogP contribution in [0.1, 0.15) is 0 Å². The van der Waals surface area contributed by atoms with Crippen LogP contribution in [0.15, 0.2) is 21.8 Å². The molecule has 0 saturated heterocycles. The first-order valence-electron chi connectivity index (χ1n) is 3.07. The van der Waals surface area contributed by atoms with E-state index in [0.29, 0.717) is 0 Å². The van der Waals surface area contributed by atoms with Gasteiger partial charge in [0.25, 0.3) is 5.03 Å². The third-order valence-electron chi connectivity index (χ3n) is 1.23. The summed E-state index contributed by atoms with van der Waals surface area (Å²) in [7, 11) is -5.17. The molecule has 0 atom stereocenters. The second-order valence-corrected chi connectivity index (χ2v) is 4.35. The van der Waals surface area contributed by atoms with Crippen molar-refractivity contribution in [1.82, 2.24) is 4.98 Å². The first-order chi connectivity index (χ1) is 6.32. The van der Waals surface area contributed by atoms with Crippen LogP contribution >= 0.6 is 15.9 Å². The summed E-state index contributed by atoms with van der Waals surface area (Å²) in [5.74, 6) is 0. The van der Waals surface area contributed by atoms with Crippen molar-refractivity contribution < 1.29 is 17.2 Å². The van der Waals surface area contributed by atoms with Crippen LogP contribution in [0, 0.1) is 10.1 Å². The van der Waals surface area contributed by atoms with Gasteiger partial charge in [0, 0.05) is 16.7 Å². The molecule has 1 heterocycles. The number of hydrogen-bond acceptors (Lipinski definition) is 5. The molecule has 1 aromatic heterocycles. The topological polar surface area (TPSA) is 90.2 Å². The molecular formula is C5H2BrFN2O4S. The predicted molar refractivity (Wildman–Crippen MR) is 46.9 cm³/mol. The number of nitrogens with zero attached hydrogens (tertiary/aromatic N) is 2. The van der Waals surface area contributed by atoms with Crippen molar-refractivity contribution in [3.05, 3.63) is 26.9 Å². The zero-order valence-corrected chi connectivity index (χ0v) is 8.75. The van der Waals surface area contributed by atoms with Gasteiger partial charge >= 0.3 is 15.9 Å². The van der Waals surface area contributed by atoms with Crippen LogP contribution in [0.2, 0.25) is 0 Å². The van der Waals surface area contributed by atoms with Gasteiger partial charge in [-0.25, -0.2) is 4.98 Å². The van der Waals surface area contributed by atoms with Gasteiger partial charge in [0.05, 0.1) is 4.92 Å². The van der Waals surface area contributed by atoms with Crippen molar-refractivity contribution >= 4 is 31.8 Å². The third kappa shape index (κ3) is 2.23. The first kappa shape index (κ1) is 11.0. The van der Waals surface area contributed by atoms with E-state index in [4.69, 9.17) is 0 Å². The van der Waals surface area contributed by atoms with Gasteiger partial charge < -0.3 is 0 Å². The maximum Gasteiger partial charge on any atom is 0.356 e. The molecule has 14 heavy (non-hydrogen) atoms. The molecule has 0 radical (unpaired) electrons. The zero-order valence-electron chi connectivity index (χ0n) is 6.35. The molecule has 0 fully saturated rings. The van der Waals surface area contributed by atoms with Crippen LogP contribution in [0.3, 0.4) is 0 Å². The highest BCUT2D eigenvalue weighted by molar-refractivity contribution is 9.10. The third-order valence-corrected chi connectivity index (χ3v) is 2.44. The molecule has 0 aromatic carbocycles. The van der Waals surface area contributed by atoms with Crippen LogP contribution in [0.25, 0.3) is 0 Å². The van der Waals surface area contributed by atoms with E-state index in [9.17, 15) is 22.4 Å². The molecule has 9 heteroatoms. The first-order valence-corrected chi connectivity index (χ1v) is 5.24. The van der Waals surface area contributed by atoms with Crippen LogP contribution in [-0.4, -0.2) is 18.3 Å². The number of nitro groups is 1. The van der Waals surface area contributed by atoms with Crippen molar-refractivity contribution in [2.45, 2.75) is 5.03 Å². The average molecular weight is 285 g/mol. The molecular weight excluding hydrogens is 283 g/mol. The lowest BCUT2D eigenvalue weighted by Gasteiger charge is -1.96. The molecule has 1 rings (SSSR count). The average Bonchev–Trinajstić information content (AvgIpc) is 2.01. The molecule has 0 aliphatic carbocycles. The van der Waals surface area contributed by atoms with E-state index in [0.717, 1.165) is 12.3 Å². The molecule has 0 spiro atoms. The zero-order chi connectivity index (χ0) is 10.9. The molecule has 0 bridgehead atoms. The van der Waals surface area contributed by atoms with E-state index in [2.05, 4.69) is 20.9 Å². The maximum absolute atomic E-state index is 12.5. The summed E-state index contributed by atoms with van der Waals surface area (Å²) in [4.78, 5) is 12.4. The smallest absolute Gasteiger partial charge is 0.258 e. The van der Waals surface area contributed by atoms with E-state index >= 15 is 0 Å². The summed E-state index contributed by atoms with van der Waals surface area (Å²) in [5.41, 5.74) is -0.901. The van der Waals surface area contributed by atoms with Gasteiger partial charge in [0.15, 0.2) is 0 Å². The van der Waals surface area contributed by atoms with Crippen molar-refractivity contribution in [1.29, 1.82) is 0 Å². The van der Waals surface area contributed by atoms with Crippen molar-refractivity contribution in [3.8, 4) is 0 Å². The fourth-order valence-electron chi connectivity index (χ4n) is 0.735. The molecule has 0 unspecified atom stereocenters. The minimum Gasteiger partial charge on any atom is -0.258 e. The molecule has 0 saturated carbocycles. The Morgan fingerprint density at radius 1 is 1.57 bits per heavy atom. The Balaban J connectivity index is 3.53. The van der Waals surface area contributed by atoms with Gasteiger partial charge in [-0.3, -0.25) is 10.1 Å². The van der Waals surface area contributed by atoms with Gasteiger partial charge in [-0.2, -0.15) is 8.42 Å². The highest BCUT2D eigenvalue weighted by Gasteiger charge is 2.27. The Hall–Kier alpha value is -1.09. The van der Waals surface area contributed by atoms with Gasteiger partial charge in [-0.15, -0.1) is 0 Å². The Bertz CT molecular complexity index is 489. The number of hydrogen-bond donors (Lipinski definition) is 0. The second-order valence-electron chi connectivity index (χ2n) is 2.17. The maximum atomic E-state index is 12.5. The van der Waals surface area contributed by atoms with Crippen molar-refractivity contribution in [2.75, 3.05) is 0 Å². The fourth-order valence-corrected chi connectivity index (χ4v) is 1.62. The minimum absolute atomic E-state index is 0.191. The van der Waals surface area contributed by atoms with Crippen LogP contribution < -0.4 is 0 Å². The molecule has 0 amide bonds. The van der Waals surface area contributed by atoms with E-state index in [1.54, 1.807) is 0 Å². The van der Waals surface area contributed by atoms with E-state index in [1.165, 1.54) is 0 Å². The second kappa shape index (κ2) is 3.58. The summed E-state index contributed by atoms with van der Waals surface area (Å²) >= 11 is 2.85. The monoisotopic (exact) mass is 284 g/mol. The van der Waals surface area contributed by atoms with Crippen LogP contribution in [-0.2, 0) is 10.2 Å². The minimum atomic E-state index is -5.17. The number of aromatic nitrogens is 1. The SMILES string of the molecule is O=[N+]([O-])c1cc(Br)cnc1S(=O)(=O)F. The number of halogens is 2. The van der Waals surface area contributed by atoms with E-state index < -0.39 is 25.9 Å². The van der Waals surface area contributed by atoms with E-state index in [1.807, 2.05) is 0 Å². The van der Waals surface area contributed by atoms with Crippen LogP contribution in [0.4, 0.5) is 9.57 Å². The Kier molecular flexibility index (Phi) is 2.81. The summed E-state index contributed by atoms with van der Waals surface area (Å²) in [6, 6.07) is 0.861. The standard InChI is InChI=1S/C5H2BrFN2O4S/c6-3-1-4(9(10)11)5(8-2-3)14(7,12)13/h1-2H. The Morgan fingerprint density at radius 3 is 2.57 bits per heavy atom. The largest absolute Gasteiger partial charge is 0.356 e. The van der Waals surface area contributed by atoms with Crippen molar-refractivity contribution in [2.24, 2.45) is 0 Å². The van der Waals surface area contributed by atoms with Gasteiger partial charge in [0.2, 0.25) is 0 Å². The molecule has 1 aromatic rings. The molecule has 76 valence electrons. The Morgan fingerprint density at radius 2 is 2.14 bits per heavy atom. The van der Waals surface area contributed by atoms with Crippen molar-refractivity contribution in [3.63, 3.8) is 0 Å². The Labute approximate surface area is 86.3 Å². The van der Waals surface area contributed by atoms with E-state index in [-0.39, 0.29) is 4.47 Å². The van der Waals surface area contributed by atoms with Gasteiger partial charge in [-0.05, 0) is 15.9 Å². The predicted octanol–water partition coefficient (Wildman–Crippen LogP) is 1.41. The normalized spacial score (nSPS) is 11.3. The number of rotatable bonds is 2. The highest BCUT2D eigenvalue weighted by Crippen LogP contribution is 2.25. The quantitative estimate of drug-likeness (QED) is 0.465. The fraction of sp³-hybridized carbons (Fsp3) is 0. The highest BCUT2D eigenvalue weighted by atomic mass is 79.9. The lowest BCUT2D eigenvalue weighted by molar-refractivity contribution is -0.388. The molecule has 0 N–H and O–H groups in total. The molecule has 6 nitrogen and oxygen atoms in total.